The van der Waals surface area contributed by atoms with Crippen LogP contribution in [0.4, 0.5) is 10.1 Å². The monoisotopic (exact) mass is 329 g/mol. The van der Waals surface area contributed by atoms with Crippen molar-refractivity contribution in [2.24, 2.45) is 0 Å². The van der Waals surface area contributed by atoms with Crippen LogP contribution in [0.1, 0.15) is 18.6 Å². The first-order chi connectivity index (χ1) is 9.81. The van der Waals surface area contributed by atoms with Gasteiger partial charge in [0.05, 0.1) is 21.7 Å². The second-order valence-corrected chi connectivity index (χ2v) is 6.54. The summed E-state index contributed by atoms with van der Waals surface area (Å²) in [6, 6.07) is 9.72. The number of halogens is 2. The molecule has 2 aromatic carbocycles. The molecule has 21 heavy (non-hydrogen) atoms. The quantitative estimate of drug-likeness (QED) is 0.904. The third-order valence-electron chi connectivity index (χ3n) is 2.87. The van der Waals surface area contributed by atoms with Gasteiger partial charge in [0.2, 0.25) is 0 Å². The molecule has 0 fully saturated rings. The molecule has 2 N–H and O–H groups in total. The minimum atomic E-state index is -3.93. The van der Waals surface area contributed by atoms with Crippen molar-refractivity contribution in [3.05, 3.63) is 58.9 Å². The van der Waals surface area contributed by atoms with E-state index in [9.17, 15) is 17.9 Å². The number of aliphatic hydroxyl groups is 1. The molecule has 4 nitrogen and oxygen atoms in total. The van der Waals surface area contributed by atoms with Gasteiger partial charge in [-0.15, -0.1) is 0 Å². The SMILES string of the molecule is CC(O)c1ccc(S(=O)(=O)Nc2cccc(Cl)c2F)cc1. The first-order valence-electron chi connectivity index (χ1n) is 6.06. The third-order valence-corrected chi connectivity index (χ3v) is 4.54. The van der Waals surface area contributed by atoms with Gasteiger partial charge < -0.3 is 5.11 Å². The normalized spacial score (nSPS) is 13.0. The summed E-state index contributed by atoms with van der Waals surface area (Å²) in [6.07, 6.45) is -0.694. The predicted octanol–water partition coefficient (Wildman–Crippen LogP) is 3.33. The number of nitrogens with one attached hydrogen (secondary N) is 1. The summed E-state index contributed by atoms with van der Waals surface area (Å²) in [5.74, 6) is -0.830. The first-order valence-corrected chi connectivity index (χ1v) is 7.92. The number of anilines is 1. The molecule has 112 valence electrons. The topological polar surface area (TPSA) is 66.4 Å². The number of aliphatic hydroxyl groups excluding tert-OH is 1. The van der Waals surface area contributed by atoms with Crippen LogP contribution in [-0.2, 0) is 10.0 Å². The van der Waals surface area contributed by atoms with Gasteiger partial charge in [0.25, 0.3) is 10.0 Å². The van der Waals surface area contributed by atoms with E-state index in [1.54, 1.807) is 6.92 Å². The highest BCUT2D eigenvalue weighted by Crippen LogP contribution is 2.25. The molecule has 2 aromatic rings. The van der Waals surface area contributed by atoms with Gasteiger partial charge in [-0.3, -0.25) is 4.72 Å². The van der Waals surface area contributed by atoms with Crippen molar-refractivity contribution in [3.8, 4) is 0 Å². The van der Waals surface area contributed by atoms with Crippen molar-refractivity contribution in [1.82, 2.24) is 0 Å². The van der Waals surface area contributed by atoms with Crippen LogP contribution in [0.5, 0.6) is 0 Å². The van der Waals surface area contributed by atoms with Crippen molar-refractivity contribution in [3.63, 3.8) is 0 Å². The number of sulfonamides is 1. The average molecular weight is 330 g/mol. The van der Waals surface area contributed by atoms with Gasteiger partial charge in [-0.25, -0.2) is 12.8 Å². The van der Waals surface area contributed by atoms with Gasteiger partial charge >= 0.3 is 0 Å². The lowest BCUT2D eigenvalue weighted by Gasteiger charge is -2.10. The Hall–Kier alpha value is -1.63. The fourth-order valence-electron chi connectivity index (χ4n) is 1.71. The van der Waals surface area contributed by atoms with E-state index in [0.717, 1.165) is 0 Å². The van der Waals surface area contributed by atoms with Crippen molar-refractivity contribution >= 4 is 27.3 Å². The molecule has 0 aliphatic rings. The lowest BCUT2D eigenvalue weighted by atomic mass is 10.1. The van der Waals surface area contributed by atoms with E-state index in [4.69, 9.17) is 11.6 Å². The Morgan fingerprint density at radius 1 is 1.19 bits per heavy atom. The van der Waals surface area contributed by atoms with Crippen LogP contribution in [-0.4, -0.2) is 13.5 Å². The van der Waals surface area contributed by atoms with Crippen molar-refractivity contribution in [2.75, 3.05) is 4.72 Å². The summed E-state index contributed by atoms with van der Waals surface area (Å²) >= 11 is 5.61. The zero-order valence-corrected chi connectivity index (χ0v) is 12.6. The number of hydrogen-bond donors (Lipinski definition) is 2. The summed E-state index contributed by atoms with van der Waals surface area (Å²) in [5.41, 5.74) is 0.366. The highest BCUT2D eigenvalue weighted by molar-refractivity contribution is 7.92. The molecule has 1 atom stereocenters. The summed E-state index contributed by atoms with van der Waals surface area (Å²) in [5, 5.41) is 9.22. The number of rotatable bonds is 4. The van der Waals surface area contributed by atoms with E-state index < -0.39 is 21.9 Å². The molecular weight excluding hydrogens is 317 g/mol. The summed E-state index contributed by atoms with van der Waals surface area (Å²) in [7, 11) is -3.93. The second-order valence-electron chi connectivity index (χ2n) is 4.45. The average Bonchev–Trinajstić information content (AvgIpc) is 2.44. The van der Waals surface area contributed by atoms with Gasteiger partial charge in [-0.05, 0) is 36.8 Å². The second kappa shape index (κ2) is 6.01. The molecule has 0 amide bonds. The Labute approximate surface area is 127 Å². The largest absolute Gasteiger partial charge is 0.389 e. The van der Waals surface area contributed by atoms with Crippen molar-refractivity contribution < 1.29 is 17.9 Å². The predicted molar refractivity (Wildman–Crippen MR) is 79.3 cm³/mol. The highest BCUT2D eigenvalue weighted by Gasteiger charge is 2.17. The Bertz CT molecular complexity index is 745. The molecule has 0 heterocycles. The first kappa shape index (κ1) is 15.8. The Balaban J connectivity index is 2.32. The minimum absolute atomic E-state index is 0.0359. The molecule has 0 spiro atoms. The van der Waals surface area contributed by atoms with E-state index in [-0.39, 0.29) is 15.6 Å². The molecule has 0 aliphatic carbocycles. The Kier molecular flexibility index (Phi) is 4.51. The van der Waals surface area contributed by atoms with Crippen LogP contribution in [0.3, 0.4) is 0 Å². The maximum Gasteiger partial charge on any atom is 0.261 e. The maximum atomic E-state index is 13.7. The lowest BCUT2D eigenvalue weighted by molar-refractivity contribution is 0.199. The van der Waals surface area contributed by atoms with Crippen LogP contribution < -0.4 is 4.72 Å². The van der Waals surface area contributed by atoms with E-state index in [1.807, 2.05) is 0 Å². The van der Waals surface area contributed by atoms with E-state index in [2.05, 4.69) is 4.72 Å². The fourth-order valence-corrected chi connectivity index (χ4v) is 2.95. The number of hydrogen-bond acceptors (Lipinski definition) is 3. The number of benzene rings is 2. The summed E-state index contributed by atoms with van der Waals surface area (Å²) in [4.78, 5) is -0.0359. The molecule has 7 heteroatoms. The standard InChI is InChI=1S/C14H13ClFNO3S/c1-9(18)10-5-7-11(8-6-10)21(19,20)17-13-4-2-3-12(15)14(13)16/h2-9,17-18H,1H3. The van der Waals surface area contributed by atoms with Gasteiger partial charge in [0.15, 0.2) is 5.82 Å². The van der Waals surface area contributed by atoms with Crippen molar-refractivity contribution in [1.29, 1.82) is 0 Å². The summed E-state index contributed by atoms with van der Waals surface area (Å²) < 4.78 is 40.2. The van der Waals surface area contributed by atoms with E-state index in [1.165, 1.54) is 42.5 Å². The molecule has 1 unspecified atom stereocenters. The molecule has 0 saturated heterocycles. The Morgan fingerprint density at radius 3 is 2.38 bits per heavy atom. The molecule has 0 aromatic heterocycles. The van der Waals surface area contributed by atoms with Crippen LogP contribution in [0, 0.1) is 5.82 Å². The van der Waals surface area contributed by atoms with Crippen LogP contribution in [0.25, 0.3) is 0 Å². The van der Waals surface area contributed by atoms with Gasteiger partial charge in [-0.2, -0.15) is 0 Å². The molecular formula is C14H13ClFNO3S. The fraction of sp³-hybridized carbons (Fsp3) is 0.143. The lowest BCUT2D eigenvalue weighted by Crippen LogP contribution is -2.14. The van der Waals surface area contributed by atoms with Gasteiger partial charge in [-0.1, -0.05) is 29.8 Å². The zero-order valence-electron chi connectivity index (χ0n) is 11.0. The van der Waals surface area contributed by atoms with E-state index >= 15 is 0 Å². The minimum Gasteiger partial charge on any atom is -0.389 e. The molecule has 0 radical (unpaired) electrons. The van der Waals surface area contributed by atoms with Gasteiger partial charge in [0.1, 0.15) is 0 Å². The van der Waals surface area contributed by atoms with Crippen LogP contribution >= 0.6 is 11.6 Å². The van der Waals surface area contributed by atoms with Crippen LogP contribution in [0.2, 0.25) is 5.02 Å². The van der Waals surface area contributed by atoms with Crippen molar-refractivity contribution in [2.45, 2.75) is 17.9 Å². The molecule has 2 rings (SSSR count). The smallest absolute Gasteiger partial charge is 0.261 e. The molecule has 0 aliphatic heterocycles. The Morgan fingerprint density at radius 2 is 1.81 bits per heavy atom. The molecule has 0 bridgehead atoms. The van der Waals surface area contributed by atoms with Gasteiger partial charge in [0, 0.05) is 0 Å². The maximum absolute atomic E-state index is 13.7. The molecule has 0 saturated carbocycles. The van der Waals surface area contributed by atoms with E-state index in [0.29, 0.717) is 5.56 Å². The highest BCUT2D eigenvalue weighted by atomic mass is 35.5. The zero-order chi connectivity index (χ0) is 15.6. The van der Waals surface area contributed by atoms with Crippen LogP contribution in [0.15, 0.2) is 47.4 Å². The third kappa shape index (κ3) is 3.53. The summed E-state index contributed by atoms with van der Waals surface area (Å²) in [6.45, 7) is 1.57.